The number of likely N-dealkylation sites (N-methyl/N-ethyl adjacent to an activating group) is 3. The Morgan fingerprint density at radius 2 is 1.34 bits per heavy atom. The average Bonchev–Trinajstić information content (AvgIpc) is 3.00. The van der Waals surface area contributed by atoms with Gasteiger partial charge in [0.25, 0.3) is 0 Å². The van der Waals surface area contributed by atoms with Gasteiger partial charge in [-0.25, -0.2) is 0 Å². The van der Waals surface area contributed by atoms with E-state index in [9.17, 15) is 0 Å². The molecule has 44 heavy (non-hydrogen) atoms. The minimum absolute atomic E-state index is 0.238. The van der Waals surface area contributed by atoms with E-state index < -0.39 is 0 Å². The Bertz CT molecular complexity index is 943. The van der Waals surface area contributed by atoms with E-state index in [-0.39, 0.29) is 6.04 Å². The number of aryl methyl sites for hydroxylation is 2. The van der Waals surface area contributed by atoms with E-state index >= 15 is 0 Å². The maximum absolute atomic E-state index is 4.48. The van der Waals surface area contributed by atoms with Crippen molar-refractivity contribution < 1.29 is 0 Å². The summed E-state index contributed by atoms with van der Waals surface area (Å²) in [6, 6.07) is 9.14. The molecule has 1 aliphatic rings. The van der Waals surface area contributed by atoms with E-state index in [0.29, 0.717) is 0 Å². The Morgan fingerprint density at radius 3 is 1.82 bits per heavy atom. The van der Waals surface area contributed by atoms with Crippen molar-refractivity contribution in [2.75, 3.05) is 104 Å². The summed E-state index contributed by atoms with van der Waals surface area (Å²) < 4.78 is 0. The summed E-state index contributed by atoms with van der Waals surface area (Å²) in [6.07, 6.45) is 3.30. The van der Waals surface area contributed by atoms with Crippen molar-refractivity contribution in [2.45, 2.75) is 59.9 Å². The summed E-state index contributed by atoms with van der Waals surface area (Å²) in [5, 5.41) is 3.75. The molecule has 1 unspecified atom stereocenters. The van der Waals surface area contributed by atoms with Crippen molar-refractivity contribution in [2.24, 2.45) is 0 Å². The van der Waals surface area contributed by atoms with Gasteiger partial charge in [-0.1, -0.05) is 75.9 Å². The Morgan fingerprint density at radius 1 is 0.841 bits per heavy atom. The van der Waals surface area contributed by atoms with Crippen LogP contribution in [0.15, 0.2) is 61.0 Å². The zero-order chi connectivity index (χ0) is 32.3. The molecule has 0 aromatic heterocycles. The monoisotopic (exact) mass is 627 g/mol. The molecule has 0 amide bonds. The fourth-order valence-electron chi connectivity index (χ4n) is 5.56. The predicted octanol–water partition coefficient (Wildman–Crippen LogP) is 5.83. The van der Waals surface area contributed by atoms with Crippen LogP contribution in [0.4, 0.5) is 0 Å². The maximum atomic E-state index is 4.48. The van der Waals surface area contributed by atoms with Gasteiger partial charge in [0.05, 0.1) is 6.04 Å². The third-order valence-corrected chi connectivity index (χ3v) is 10.1. The Labute approximate surface area is 276 Å². The van der Waals surface area contributed by atoms with Crippen LogP contribution in [0.1, 0.15) is 51.7 Å². The summed E-state index contributed by atoms with van der Waals surface area (Å²) in [5.74, 6) is 2.08. The van der Waals surface area contributed by atoms with Crippen LogP contribution in [-0.2, 0) is 6.42 Å². The normalized spacial score (nSPS) is 17.4. The van der Waals surface area contributed by atoms with Gasteiger partial charge >= 0.3 is 0 Å². The lowest BCUT2D eigenvalue weighted by Crippen LogP contribution is -2.47. The van der Waals surface area contributed by atoms with Gasteiger partial charge < -0.3 is 24.9 Å². The number of benzene rings is 1. The molecule has 0 aliphatic carbocycles. The van der Waals surface area contributed by atoms with Crippen LogP contribution in [0.5, 0.6) is 0 Å². The number of hydrogen-bond donors (Lipinski definition) is 1. The highest BCUT2D eigenvalue weighted by Crippen LogP contribution is 2.15. The van der Waals surface area contributed by atoms with Crippen molar-refractivity contribution in [3.63, 3.8) is 0 Å². The molecule has 1 heterocycles. The van der Waals surface area contributed by atoms with Gasteiger partial charge in [-0.3, -0.25) is 4.90 Å². The van der Waals surface area contributed by atoms with E-state index in [2.05, 4.69) is 115 Å². The lowest BCUT2D eigenvalue weighted by atomic mass is 10.1. The second-order valence-corrected chi connectivity index (χ2v) is 13.8. The molecule has 0 spiro atoms. The molecule has 1 atom stereocenters. The minimum atomic E-state index is 0.238. The highest BCUT2D eigenvalue weighted by molar-refractivity contribution is 7.99. The largest absolute Gasteiger partial charge is 0.380 e. The van der Waals surface area contributed by atoms with Gasteiger partial charge in [0.2, 0.25) is 0 Å². The topological polar surface area (TPSA) is 28.2 Å². The van der Waals surface area contributed by atoms with Crippen molar-refractivity contribution in [1.29, 1.82) is 0 Å². The van der Waals surface area contributed by atoms with Crippen LogP contribution in [0.3, 0.4) is 0 Å². The zero-order valence-electron chi connectivity index (χ0n) is 29.4. The second-order valence-electron chi connectivity index (χ2n) is 12.6. The number of nitrogens with zero attached hydrogens (tertiary/aromatic N) is 5. The van der Waals surface area contributed by atoms with Gasteiger partial charge in [0, 0.05) is 95.4 Å². The van der Waals surface area contributed by atoms with Crippen LogP contribution in [-0.4, -0.2) is 134 Å². The first-order valence-corrected chi connectivity index (χ1v) is 18.3. The fraction of sp³-hybridized carbons (Fsp3) is 0.676. The van der Waals surface area contributed by atoms with E-state index in [0.717, 1.165) is 122 Å². The second kappa shape index (κ2) is 21.9. The summed E-state index contributed by atoms with van der Waals surface area (Å²) in [6.45, 7) is 38.5. The van der Waals surface area contributed by atoms with Crippen molar-refractivity contribution in [3.8, 4) is 0 Å². The molecule has 1 fully saturated rings. The number of rotatable bonds is 18. The molecule has 7 heteroatoms. The molecule has 1 aliphatic heterocycles. The molecule has 1 saturated heterocycles. The third kappa shape index (κ3) is 15.5. The van der Waals surface area contributed by atoms with Gasteiger partial charge in [-0.05, 0) is 58.3 Å². The van der Waals surface area contributed by atoms with Gasteiger partial charge in [-0.15, -0.1) is 0 Å². The number of allylic oxidation sites excluding steroid dienone is 1. The first-order valence-electron chi connectivity index (χ1n) is 17.2. The Balaban J connectivity index is 1.78. The smallest absolute Gasteiger partial charge is 0.0556 e. The van der Waals surface area contributed by atoms with Gasteiger partial charge in [0.15, 0.2) is 0 Å². The summed E-state index contributed by atoms with van der Waals surface area (Å²) in [5.41, 5.74) is 6.25. The summed E-state index contributed by atoms with van der Waals surface area (Å²) >= 11 is 1.99. The van der Waals surface area contributed by atoms with E-state index in [4.69, 9.17) is 0 Å². The summed E-state index contributed by atoms with van der Waals surface area (Å²) in [7, 11) is 2.18. The molecule has 1 N–H and O–H groups in total. The molecular formula is C37H66N6S. The van der Waals surface area contributed by atoms with Gasteiger partial charge in [-0.2, -0.15) is 11.8 Å². The SMILES string of the molecule is C=C(CN1CCN(CC)CCN(CC)CCN(CC)CC1)NC(CSCCN(C)C(=C)CCCc1ccc(C)cc1)C(=C)C. The molecular weight excluding hydrogens is 561 g/mol. The Hall–Kier alpha value is -1.77. The number of nitrogens with one attached hydrogen (secondary N) is 1. The fourth-order valence-corrected chi connectivity index (χ4v) is 6.73. The van der Waals surface area contributed by atoms with E-state index in [1.165, 1.54) is 22.4 Å². The van der Waals surface area contributed by atoms with Crippen LogP contribution in [0.25, 0.3) is 0 Å². The van der Waals surface area contributed by atoms with Crippen LogP contribution < -0.4 is 5.32 Å². The highest BCUT2D eigenvalue weighted by Gasteiger charge is 2.17. The molecule has 6 nitrogen and oxygen atoms in total. The molecule has 0 radical (unpaired) electrons. The lowest BCUT2D eigenvalue weighted by molar-refractivity contribution is 0.143. The Kier molecular flexibility index (Phi) is 19.1. The maximum Gasteiger partial charge on any atom is 0.0556 e. The van der Waals surface area contributed by atoms with E-state index in [1.807, 2.05) is 11.8 Å². The van der Waals surface area contributed by atoms with Crippen LogP contribution >= 0.6 is 11.8 Å². The molecule has 2 rings (SSSR count). The predicted molar refractivity (Wildman–Crippen MR) is 197 cm³/mol. The third-order valence-electron chi connectivity index (χ3n) is 9.11. The highest BCUT2D eigenvalue weighted by atomic mass is 32.2. The van der Waals surface area contributed by atoms with Crippen molar-refractivity contribution in [3.05, 3.63) is 72.1 Å². The first-order chi connectivity index (χ1) is 21.1. The molecule has 250 valence electrons. The number of hydrogen-bond acceptors (Lipinski definition) is 7. The molecule has 0 bridgehead atoms. The standard InChI is InChI=1S/C37H66N6S/c1-10-40-20-22-41(11-2)24-26-43(27-25-42(12-3)23-21-40)30-34(7)38-37(32(4)5)31-44-29-28-39(9)35(8)14-13-15-36-18-16-33(6)17-19-36/h16-19,37-38H,4,7-8,10-15,20-31H2,1-3,5-6,9H3. The molecule has 1 aromatic carbocycles. The van der Waals surface area contributed by atoms with Crippen LogP contribution in [0.2, 0.25) is 0 Å². The first kappa shape index (κ1) is 38.4. The van der Waals surface area contributed by atoms with Crippen molar-refractivity contribution >= 4 is 11.8 Å². The van der Waals surface area contributed by atoms with Crippen molar-refractivity contribution in [1.82, 2.24) is 29.8 Å². The zero-order valence-corrected chi connectivity index (χ0v) is 30.2. The number of thioether (sulfide) groups is 1. The minimum Gasteiger partial charge on any atom is -0.380 e. The quantitative estimate of drug-likeness (QED) is 0.162. The summed E-state index contributed by atoms with van der Waals surface area (Å²) in [4.78, 5) is 12.7. The van der Waals surface area contributed by atoms with Gasteiger partial charge in [0.1, 0.15) is 0 Å². The molecule has 1 aromatic rings. The average molecular weight is 627 g/mol. The van der Waals surface area contributed by atoms with E-state index in [1.54, 1.807) is 0 Å². The molecule has 0 saturated carbocycles. The van der Waals surface area contributed by atoms with Crippen LogP contribution in [0, 0.1) is 6.92 Å². The lowest BCUT2D eigenvalue weighted by Gasteiger charge is -2.34.